The summed E-state index contributed by atoms with van der Waals surface area (Å²) in [7, 11) is 0. The van der Waals surface area contributed by atoms with Gasteiger partial charge < -0.3 is 10.6 Å². The largest absolute Gasteiger partial charge is 0.363 e. The molecule has 0 unspecified atom stereocenters. The Labute approximate surface area is 126 Å². The standard InChI is InChI=1S/C13H14ClFN4S/c1-2-16-13(20)18-9-6-17-19(7-9)8-10-11(14)4-3-5-12(10)15/h3-7H,2,8H2,1H3,(H2,16,18,20). The molecule has 0 aliphatic heterocycles. The minimum Gasteiger partial charge on any atom is -0.363 e. The van der Waals surface area contributed by atoms with Gasteiger partial charge >= 0.3 is 0 Å². The maximum absolute atomic E-state index is 13.7. The normalized spacial score (nSPS) is 10.3. The Morgan fingerprint density at radius 1 is 1.50 bits per heavy atom. The van der Waals surface area contributed by atoms with E-state index in [2.05, 4.69) is 15.7 Å². The van der Waals surface area contributed by atoms with E-state index in [4.69, 9.17) is 23.8 Å². The van der Waals surface area contributed by atoms with Crippen molar-refractivity contribution < 1.29 is 4.39 Å². The lowest BCUT2D eigenvalue weighted by molar-refractivity contribution is 0.585. The molecule has 1 aromatic carbocycles. The summed E-state index contributed by atoms with van der Waals surface area (Å²) >= 11 is 11.1. The third kappa shape index (κ3) is 3.68. The molecule has 0 spiro atoms. The molecule has 0 aliphatic rings. The number of hydrogen-bond donors (Lipinski definition) is 2. The van der Waals surface area contributed by atoms with E-state index in [1.807, 2.05) is 6.92 Å². The van der Waals surface area contributed by atoms with Gasteiger partial charge in [-0.1, -0.05) is 17.7 Å². The van der Waals surface area contributed by atoms with Crippen molar-refractivity contribution in [1.29, 1.82) is 0 Å². The summed E-state index contributed by atoms with van der Waals surface area (Å²) in [6.45, 7) is 2.96. The molecule has 0 radical (unpaired) electrons. The topological polar surface area (TPSA) is 41.9 Å². The number of benzene rings is 1. The van der Waals surface area contributed by atoms with E-state index in [9.17, 15) is 4.39 Å². The van der Waals surface area contributed by atoms with Gasteiger partial charge in [-0.3, -0.25) is 4.68 Å². The van der Waals surface area contributed by atoms with E-state index in [1.54, 1.807) is 29.2 Å². The van der Waals surface area contributed by atoms with Crippen molar-refractivity contribution in [2.24, 2.45) is 0 Å². The van der Waals surface area contributed by atoms with E-state index in [-0.39, 0.29) is 12.4 Å². The van der Waals surface area contributed by atoms with Crippen molar-refractivity contribution in [3.05, 3.63) is 47.0 Å². The number of nitrogens with zero attached hydrogens (tertiary/aromatic N) is 2. The van der Waals surface area contributed by atoms with Crippen LogP contribution in [0.5, 0.6) is 0 Å². The zero-order valence-corrected chi connectivity index (χ0v) is 12.4. The van der Waals surface area contributed by atoms with Crippen LogP contribution in [-0.4, -0.2) is 21.4 Å². The molecule has 0 fully saturated rings. The number of thiocarbonyl (C=S) groups is 1. The first kappa shape index (κ1) is 14.7. The molecule has 0 saturated carbocycles. The number of anilines is 1. The summed E-state index contributed by atoms with van der Waals surface area (Å²) in [5, 5.41) is 11.0. The van der Waals surface area contributed by atoms with Gasteiger partial charge in [0.15, 0.2) is 5.11 Å². The average Bonchev–Trinajstić information content (AvgIpc) is 2.82. The minimum absolute atomic E-state index is 0.265. The lowest BCUT2D eigenvalue weighted by Gasteiger charge is -2.07. The highest BCUT2D eigenvalue weighted by Crippen LogP contribution is 2.20. The van der Waals surface area contributed by atoms with E-state index < -0.39 is 0 Å². The maximum atomic E-state index is 13.7. The van der Waals surface area contributed by atoms with Gasteiger partial charge in [-0.15, -0.1) is 0 Å². The lowest BCUT2D eigenvalue weighted by Crippen LogP contribution is -2.27. The summed E-state index contributed by atoms with van der Waals surface area (Å²) in [6.07, 6.45) is 3.37. The zero-order valence-electron chi connectivity index (χ0n) is 10.9. The predicted octanol–water partition coefficient (Wildman–Crippen LogP) is 3.03. The Hall–Kier alpha value is -1.66. The number of hydrogen-bond acceptors (Lipinski definition) is 2. The lowest BCUT2D eigenvalue weighted by atomic mass is 10.2. The molecule has 0 amide bonds. The van der Waals surface area contributed by atoms with Crippen molar-refractivity contribution in [3.63, 3.8) is 0 Å². The van der Waals surface area contributed by atoms with Crippen LogP contribution in [0, 0.1) is 5.82 Å². The summed E-state index contributed by atoms with van der Waals surface area (Å²) in [5.74, 6) is -0.342. The second-order valence-corrected chi connectivity index (χ2v) is 4.93. The molecule has 0 aliphatic carbocycles. The van der Waals surface area contributed by atoms with E-state index >= 15 is 0 Å². The molecule has 20 heavy (non-hydrogen) atoms. The molecule has 2 aromatic rings. The molecule has 0 bridgehead atoms. The van der Waals surface area contributed by atoms with Gasteiger partial charge in [0.1, 0.15) is 5.82 Å². The highest BCUT2D eigenvalue weighted by atomic mass is 35.5. The summed E-state index contributed by atoms with van der Waals surface area (Å²) < 4.78 is 15.3. The Morgan fingerprint density at radius 3 is 3.00 bits per heavy atom. The van der Waals surface area contributed by atoms with Crippen molar-refractivity contribution in [2.45, 2.75) is 13.5 Å². The molecule has 0 saturated heterocycles. The molecule has 2 N–H and O–H groups in total. The Morgan fingerprint density at radius 2 is 2.30 bits per heavy atom. The molecule has 106 valence electrons. The van der Waals surface area contributed by atoms with Crippen LogP contribution in [0.3, 0.4) is 0 Å². The fourth-order valence-corrected chi connectivity index (χ4v) is 2.18. The molecular weight excluding hydrogens is 299 g/mol. The van der Waals surface area contributed by atoms with Crippen molar-refractivity contribution >= 4 is 34.6 Å². The molecule has 1 aromatic heterocycles. The first-order valence-corrected chi connectivity index (χ1v) is 6.89. The molecule has 1 heterocycles. The number of nitrogens with one attached hydrogen (secondary N) is 2. The van der Waals surface area contributed by atoms with Crippen molar-refractivity contribution in [3.8, 4) is 0 Å². The number of rotatable bonds is 4. The van der Waals surface area contributed by atoms with E-state index in [0.29, 0.717) is 15.7 Å². The van der Waals surface area contributed by atoms with Crippen LogP contribution in [0.2, 0.25) is 5.02 Å². The maximum Gasteiger partial charge on any atom is 0.170 e. The van der Waals surface area contributed by atoms with Gasteiger partial charge in [0.05, 0.1) is 18.4 Å². The second-order valence-electron chi connectivity index (χ2n) is 4.11. The molecule has 4 nitrogen and oxygen atoms in total. The summed E-state index contributed by atoms with van der Waals surface area (Å²) in [5.41, 5.74) is 1.15. The van der Waals surface area contributed by atoms with Crippen LogP contribution < -0.4 is 10.6 Å². The molecule has 0 atom stereocenters. The smallest absolute Gasteiger partial charge is 0.170 e. The molecule has 2 rings (SSSR count). The van der Waals surface area contributed by atoms with Crippen LogP contribution in [0.1, 0.15) is 12.5 Å². The fraction of sp³-hybridized carbons (Fsp3) is 0.231. The molecular formula is C13H14ClFN4S. The zero-order chi connectivity index (χ0) is 14.5. The Kier molecular flexibility index (Phi) is 4.92. The number of aromatic nitrogens is 2. The van der Waals surface area contributed by atoms with Crippen LogP contribution in [0.25, 0.3) is 0 Å². The molecule has 7 heteroatoms. The third-order valence-corrected chi connectivity index (χ3v) is 3.21. The van der Waals surface area contributed by atoms with Crippen LogP contribution >= 0.6 is 23.8 Å². The Balaban J connectivity index is 2.08. The number of halogens is 2. The summed E-state index contributed by atoms with van der Waals surface area (Å²) in [6, 6.07) is 4.61. The van der Waals surface area contributed by atoms with Gasteiger partial charge in [-0.05, 0) is 31.3 Å². The monoisotopic (exact) mass is 312 g/mol. The first-order chi connectivity index (χ1) is 9.60. The van der Waals surface area contributed by atoms with Gasteiger partial charge in [-0.2, -0.15) is 5.10 Å². The fourth-order valence-electron chi connectivity index (χ4n) is 1.70. The highest BCUT2D eigenvalue weighted by Gasteiger charge is 2.08. The van der Waals surface area contributed by atoms with Crippen LogP contribution in [-0.2, 0) is 6.54 Å². The SMILES string of the molecule is CCNC(=S)Nc1cnn(Cc2c(F)cccc2Cl)c1. The van der Waals surface area contributed by atoms with E-state index in [1.165, 1.54) is 6.07 Å². The second kappa shape index (κ2) is 6.67. The van der Waals surface area contributed by atoms with E-state index in [0.717, 1.165) is 12.2 Å². The third-order valence-electron chi connectivity index (χ3n) is 2.61. The minimum atomic E-state index is -0.342. The highest BCUT2D eigenvalue weighted by molar-refractivity contribution is 7.80. The first-order valence-electron chi connectivity index (χ1n) is 6.10. The van der Waals surface area contributed by atoms with Gasteiger partial charge in [0, 0.05) is 23.3 Å². The van der Waals surface area contributed by atoms with Gasteiger partial charge in [0.25, 0.3) is 0 Å². The average molecular weight is 313 g/mol. The van der Waals surface area contributed by atoms with Gasteiger partial charge in [0.2, 0.25) is 0 Å². The van der Waals surface area contributed by atoms with Crippen molar-refractivity contribution in [1.82, 2.24) is 15.1 Å². The summed E-state index contributed by atoms with van der Waals surface area (Å²) in [4.78, 5) is 0. The Bertz CT molecular complexity index is 594. The van der Waals surface area contributed by atoms with Crippen molar-refractivity contribution in [2.75, 3.05) is 11.9 Å². The van der Waals surface area contributed by atoms with Crippen LogP contribution in [0.4, 0.5) is 10.1 Å². The van der Waals surface area contributed by atoms with Crippen LogP contribution in [0.15, 0.2) is 30.6 Å². The predicted molar refractivity (Wildman–Crippen MR) is 82.6 cm³/mol. The quantitative estimate of drug-likeness (QED) is 0.852. The van der Waals surface area contributed by atoms with Gasteiger partial charge in [-0.25, -0.2) is 4.39 Å².